The van der Waals surface area contributed by atoms with Crippen LogP contribution in [0.2, 0.25) is 0 Å². The zero-order valence-electron chi connectivity index (χ0n) is 11.8. The van der Waals surface area contributed by atoms with Crippen LogP contribution in [-0.2, 0) is 11.5 Å². The Labute approximate surface area is 127 Å². The van der Waals surface area contributed by atoms with E-state index in [1.54, 1.807) is 26.0 Å². The molecule has 0 bridgehead atoms. The molecule has 1 aromatic heterocycles. The van der Waals surface area contributed by atoms with E-state index in [9.17, 15) is 0 Å². The molecule has 0 aliphatic carbocycles. The third kappa shape index (κ3) is 2.62. The number of anilines is 1. The van der Waals surface area contributed by atoms with E-state index in [1.807, 2.05) is 18.2 Å². The van der Waals surface area contributed by atoms with Gasteiger partial charge < -0.3 is 14.9 Å². The molecule has 0 radical (unpaired) electrons. The standard InChI is InChI=1S/C14H16N4O2S/c1-19-9-3-8(4-10(5-9)20-2)13-16-12-7-21-6-11(12)14(17-13)18-15/h3-5H,6-7,15H2,1-2H3,(H,16,17,18). The molecule has 0 fully saturated rings. The number of nitrogens with two attached hydrogens (primary N) is 1. The minimum atomic E-state index is 0.612. The molecule has 2 heterocycles. The molecule has 2 aromatic rings. The highest BCUT2D eigenvalue weighted by atomic mass is 32.2. The lowest BCUT2D eigenvalue weighted by Gasteiger charge is -2.11. The fourth-order valence-electron chi connectivity index (χ4n) is 2.24. The van der Waals surface area contributed by atoms with E-state index in [4.69, 9.17) is 15.3 Å². The van der Waals surface area contributed by atoms with Crippen LogP contribution in [0.1, 0.15) is 11.3 Å². The lowest BCUT2D eigenvalue weighted by molar-refractivity contribution is 0.394. The molecule has 0 saturated carbocycles. The number of benzene rings is 1. The maximum Gasteiger partial charge on any atom is 0.162 e. The number of hydrazine groups is 1. The van der Waals surface area contributed by atoms with Gasteiger partial charge in [-0.05, 0) is 12.1 Å². The Morgan fingerprint density at radius 2 is 1.81 bits per heavy atom. The van der Waals surface area contributed by atoms with Gasteiger partial charge in [-0.2, -0.15) is 11.8 Å². The highest BCUT2D eigenvalue weighted by molar-refractivity contribution is 7.98. The molecule has 0 atom stereocenters. The number of hydrogen-bond donors (Lipinski definition) is 2. The van der Waals surface area contributed by atoms with E-state index in [0.29, 0.717) is 23.1 Å². The molecule has 0 amide bonds. The molecule has 7 heteroatoms. The molecule has 0 spiro atoms. The van der Waals surface area contributed by atoms with E-state index < -0.39 is 0 Å². The fourth-order valence-corrected chi connectivity index (χ4v) is 3.28. The van der Waals surface area contributed by atoms with Crippen LogP contribution >= 0.6 is 11.8 Å². The van der Waals surface area contributed by atoms with Gasteiger partial charge in [0.05, 0.1) is 19.9 Å². The summed E-state index contributed by atoms with van der Waals surface area (Å²) in [4.78, 5) is 9.16. The molecule has 1 aliphatic heterocycles. The van der Waals surface area contributed by atoms with Crippen molar-refractivity contribution in [2.24, 2.45) is 5.84 Å². The number of ether oxygens (including phenoxy) is 2. The molecule has 21 heavy (non-hydrogen) atoms. The summed E-state index contributed by atoms with van der Waals surface area (Å²) in [6, 6.07) is 5.58. The van der Waals surface area contributed by atoms with Gasteiger partial charge in [0.15, 0.2) is 5.82 Å². The van der Waals surface area contributed by atoms with E-state index in [-0.39, 0.29) is 0 Å². The summed E-state index contributed by atoms with van der Waals surface area (Å²) in [5.74, 6) is 10.0. The van der Waals surface area contributed by atoms with Crippen molar-refractivity contribution in [3.05, 3.63) is 29.5 Å². The first-order valence-electron chi connectivity index (χ1n) is 6.42. The smallest absolute Gasteiger partial charge is 0.162 e. The molecule has 3 rings (SSSR count). The summed E-state index contributed by atoms with van der Waals surface area (Å²) in [6.07, 6.45) is 0. The number of nitrogens with one attached hydrogen (secondary N) is 1. The average molecular weight is 304 g/mol. The van der Waals surface area contributed by atoms with Gasteiger partial charge in [-0.25, -0.2) is 15.8 Å². The van der Waals surface area contributed by atoms with Crippen LogP contribution in [0.25, 0.3) is 11.4 Å². The molecule has 0 saturated heterocycles. The topological polar surface area (TPSA) is 82.3 Å². The molecule has 1 aliphatic rings. The zero-order chi connectivity index (χ0) is 14.8. The van der Waals surface area contributed by atoms with Crippen molar-refractivity contribution >= 4 is 17.6 Å². The van der Waals surface area contributed by atoms with Gasteiger partial charge in [0.25, 0.3) is 0 Å². The number of fused-ring (bicyclic) bond motifs is 1. The van der Waals surface area contributed by atoms with Crippen molar-refractivity contribution in [3.63, 3.8) is 0 Å². The van der Waals surface area contributed by atoms with E-state index in [0.717, 1.165) is 28.3 Å². The summed E-state index contributed by atoms with van der Waals surface area (Å²) in [5.41, 5.74) is 5.62. The van der Waals surface area contributed by atoms with Crippen molar-refractivity contribution in [2.45, 2.75) is 11.5 Å². The second-order valence-electron chi connectivity index (χ2n) is 4.56. The summed E-state index contributed by atoms with van der Waals surface area (Å²) >= 11 is 1.80. The Hall–Kier alpha value is -1.99. The Morgan fingerprint density at radius 1 is 1.10 bits per heavy atom. The molecular weight excluding hydrogens is 288 g/mol. The lowest BCUT2D eigenvalue weighted by atomic mass is 10.1. The zero-order valence-corrected chi connectivity index (χ0v) is 12.7. The number of nitrogens with zero attached hydrogens (tertiary/aromatic N) is 2. The largest absolute Gasteiger partial charge is 0.497 e. The van der Waals surface area contributed by atoms with Crippen LogP contribution < -0.4 is 20.7 Å². The van der Waals surface area contributed by atoms with Crippen molar-refractivity contribution in [3.8, 4) is 22.9 Å². The normalized spacial score (nSPS) is 12.9. The summed E-state index contributed by atoms with van der Waals surface area (Å²) < 4.78 is 10.6. The van der Waals surface area contributed by atoms with Crippen molar-refractivity contribution < 1.29 is 9.47 Å². The van der Waals surface area contributed by atoms with E-state index >= 15 is 0 Å². The summed E-state index contributed by atoms with van der Waals surface area (Å²) in [5, 5.41) is 0. The third-order valence-corrected chi connectivity index (χ3v) is 4.29. The molecule has 3 N–H and O–H groups in total. The number of hydrogen-bond acceptors (Lipinski definition) is 7. The number of rotatable bonds is 4. The SMILES string of the molecule is COc1cc(OC)cc(-c2nc3c(c(NN)n2)CSC3)c1. The predicted molar refractivity (Wildman–Crippen MR) is 83.4 cm³/mol. The fraction of sp³-hybridized carbons (Fsp3) is 0.286. The molecular formula is C14H16N4O2S. The first-order chi connectivity index (χ1) is 10.2. The Kier molecular flexibility index (Phi) is 3.85. The Bertz CT molecular complexity index is 656. The Balaban J connectivity index is 2.12. The van der Waals surface area contributed by atoms with E-state index in [2.05, 4.69) is 15.4 Å². The maximum absolute atomic E-state index is 5.58. The van der Waals surface area contributed by atoms with Gasteiger partial charge in [0, 0.05) is 28.7 Å². The lowest BCUT2D eigenvalue weighted by Crippen LogP contribution is -2.12. The van der Waals surface area contributed by atoms with Crippen molar-refractivity contribution in [1.29, 1.82) is 0 Å². The first-order valence-corrected chi connectivity index (χ1v) is 7.58. The van der Waals surface area contributed by atoms with Crippen LogP contribution in [0.15, 0.2) is 18.2 Å². The van der Waals surface area contributed by atoms with Gasteiger partial charge in [-0.15, -0.1) is 0 Å². The second-order valence-corrected chi connectivity index (χ2v) is 5.55. The minimum Gasteiger partial charge on any atom is -0.497 e. The van der Waals surface area contributed by atoms with E-state index in [1.165, 1.54) is 0 Å². The summed E-state index contributed by atoms with van der Waals surface area (Å²) in [6.45, 7) is 0. The molecule has 110 valence electrons. The first kappa shape index (κ1) is 14.0. The van der Waals surface area contributed by atoms with Crippen molar-refractivity contribution in [2.75, 3.05) is 19.6 Å². The predicted octanol–water partition coefficient (Wildman–Crippen LogP) is 2.19. The van der Waals surface area contributed by atoms with Gasteiger partial charge in [-0.1, -0.05) is 0 Å². The highest BCUT2D eigenvalue weighted by Gasteiger charge is 2.20. The molecule has 6 nitrogen and oxygen atoms in total. The quantitative estimate of drug-likeness (QED) is 0.662. The van der Waals surface area contributed by atoms with Crippen molar-refractivity contribution in [1.82, 2.24) is 9.97 Å². The van der Waals surface area contributed by atoms with Gasteiger partial charge in [-0.3, -0.25) is 0 Å². The van der Waals surface area contributed by atoms with Crippen LogP contribution in [0.3, 0.4) is 0 Å². The van der Waals surface area contributed by atoms with Crippen LogP contribution in [0.5, 0.6) is 11.5 Å². The minimum absolute atomic E-state index is 0.612. The number of methoxy groups -OCH3 is 2. The number of nitrogen functional groups attached to an aromatic ring is 1. The maximum atomic E-state index is 5.58. The summed E-state index contributed by atoms with van der Waals surface area (Å²) in [7, 11) is 3.23. The van der Waals surface area contributed by atoms with Gasteiger partial charge in [0.1, 0.15) is 17.3 Å². The highest BCUT2D eigenvalue weighted by Crippen LogP contribution is 2.35. The number of thioether (sulfide) groups is 1. The van der Waals surface area contributed by atoms with Crippen LogP contribution in [-0.4, -0.2) is 24.2 Å². The second kappa shape index (κ2) is 5.79. The monoisotopic (exact) mass is 304 g/mol. The van der Waals surface area contributed by atoms with Gasteiger partial charge in [0.2, 0.25) is 0 Å². The average Bonchev–Trinajstić information content (AvgIpc) is 3.01. The van der Waals surface area contributed by atoms with Gasteiger partial charge >= 0.3 is 0 Å². The Morgan fingerprint density at radius 3 is 2.43 bits per heavy atom. The number of aromatic nitrogens is 2. The van der Waals surface area contributed by atoms with Crippen LogP contribution in [0, 0.1) is 0 Å². The molecule has 0 unspecified atom stereocenters. The molecule has 1 aromatic carbocycles. The third-order valence-electron chi connectivity index (χ3n) is 3.32. The van der Waals surface area contributed by atoms with Crippen LogP contribution in [0.4, 0.5) is 5.82 Å².